The summed E-state index contributed by atoms with van der Waals surface area (Å²) in [5, 5.41) is 0. The van der Waals surface area contributed by atoms with Crippen molar-refractivity contribution in [2.24, 2.45) is 11.7 Å². The molecule has 2 saturated heterocycles. The normalized spacial score (nSPS) is 27.2. The van der Waals surface area contributed by atoms with E-state index >= 15 is 0 Å². The van der Waals surface area contributed by atoms with Crippen LogP contribution in [0.3, 0.4) is 0 Å². The van der Waals surface area contributed by atoms with Crippen LogP contribution in [0.4, 0.5) is 0 Å². The Bertz CT molecular complexity index is 211. The Kier molecular flexibility index (Phi) is 5.22. The highest BCUT2D eigenvalue weighted by Gasteiger charge is 2.30. The molecule has 0 spiro atoms. The second-order valence-electron chi connectivity index (χ2n) is 5.22. The lowest BCUT2D eigenvalue weighted by Gasteiger charge is -2.41. The molecule has 2 aliphatic rings. The van der Waals surface area contributed by atoms with Gasteiger partial charge in [-0.15, -0.1) is 0 Å². The highest BCUT2D eigenvalue weighted by molar-refractivity contribution is 4.85. The topological polar surface area (TPSA) is 47.7 Å². The van der Waals surface area contributed by atoms with Crippen LogP contribution >= 0.6 is 0 Å². The summed E-state index contributed by atoms with van der Waals surface area (Å²) < 4.78 is 10.9. The van der Waals surface area contributed by atoms with Crippen LogP contribution in [0.1, 0.15) is 25.7 Å². The van der Waals surface area contributed by atoms with Gasteiger partial charge in [-0.1, -0.05) is 0 Å². The van der Waals surface area contributed by atoms with Crippen molar-refractivity contribution >= 4 is 0 Å². The van der Waals surface area contributed by atoms with E-state index in [9.17, 15) is 0 Å². The molecule has 0 aliphatic carbocycles. The third-order valence-corrected chi connectivity index (χ3v) is 4.33. The minimum Gasteiger partial charge on any atom is -0.381 e. The first-order valence-electron chi connectivity index (χ1n) is 6.89. The maximum Gasteiger partial charge on any atom is 0.0595 e. The van der Waals surface area contributed by atoms with E-state index in [0.717, 1.165) is 51.6 Å². The molecule has 2 N–H and O–H groups in total. The molecular formula is C13H26N2O2. The molecule has 0 amide bonds. The number of hydrogen-bond donors (Lipinski definition) is 1. The van der Waals surface area contributed by atoms with Crippen LogP contribution in [-0.4, -0.2) is 57.0 Å². The summed E-state index contributed by atoms with van der Waals surface area (Å²) in [6.45, 7) is 4.88. The number of likely N-dealkylation sites (tertiary alicyclic amines) is 1. The molecule has 0 aromatic rings. The summed E-state index contributed by atoms with van der Waals surface area (Å²) in [5.74, 6) is 0.729. The largest absolute Gasteiger partial charge is 0.381 e. The first kappa shape index (κ1) is 13.3. The smallest absolute Gasteiger partial charge is 0.0595 e. The Balaban J connectivity index is 1.85. The molecule has 0 bridgehead atoms. The van der Waals surface area contributed by atoms with E-state index in [0.29, 0.717) is 12.1 Å². The minimum absolute atomic E-state index is 0.458. The fourth-order valence-corrected chi connectivity index (χ4v) is 3.18. The second-order valence-corrected chi connectivity index (χ2v) is 5.22. The molecule has 4 heteroatoms. The molecule has 2 aliphatic heterocycles. The molecule has 4 nitrogen and oxygen atoms in total. The summed E-state index contributed by atoms with van der Waals surface area (Å²) in [6.07, 6.45) is 5.10. The highest BCUT2D eigenvalue weighted by atomic mass is 16.5. The van der Waals surface area contributed by atoms with Crippen molar-refractivity contribution in [3.8, 4) is 0 Å². The van der Waals surface area contributed by atoms with Gasteiger partial charge in [0, 0.05) is 46.0 Å². The summed E-state index contributed by atoms with van der Waals surface area (Å²) in [7, 11) is 1.82. The van der Waals surface area contributed by atoms with Gasteiger partial charge in [0.1, 0.15) is 0 Å². The van der Waals surface area contributed by atoms with Crippen molar-refractivity contribution in [2.45, 2.75) is 37.8 Å². The number of nitrogens with zero attached hydrogens (tertiary/aromatic N) is 1. The standard InChI is InChI=1S/C13H26N2O2/c1-16-12-2-6-15(7-3-12)13(10-14)11-4-8-17-9-5-11/h11-13H,2-10,14H2,1H3. The molecule has 2 fully saturated rings. The Morgan fingerprint density at radius 1 is 1.24 bits per heavy atom. The molecule has 100 valence electrons. The average molecular weight is 242 g/mol. The summed E-state index contributed by atoms with van der Waals surface area (Å²) >= 11 is 0. The molecule has 2 rings (SSSR count). The van der Waals surface area contributed by atoms with Crippen molar-refractivity contribution in [3.63, 3.8) is 0 Å². The first-order valence-corrected chi connectivity index (χ1v) is 6.89. The molecule has 0 aromatic heterocycles. The van der Waals surface area contributed by atoms with Gasteiger partial charge in [-0.25, -0.2) is 0 Å². The molecule has 2 heterocycles. The maximum atomic E-state index is 5.99. The van der Waals surface area contributed by atoms with Crippen LogP contribution in [0.2, 0.25) is 0 Å². The van der Waals surface area contributed by atoms with E-state index in [2.05, 4.69) is 4.90 Å². The third-order valence-electron chi connectivity index (χ3n) is 4.33. The lowest BCUT2D eigenvalue weighted by molar-refractivity contribution is -0.00632. The maximum absolute atomic E-state index is 5.99. The van der Waals surface area contributed by atoms with E-state index in [1.807, 2.05) is 7.11 Å². The number of piperidine rings is 1. The first-order chi connectivity index (χ1) is 8.35. The molecule has 1 unspecified atom stereocenters. The van der Waals surface area contributed by atoms with Gasteiger partial charge in [0.25, 0.3) is 0 Å². The fourth-order valence-electron chi connectivity index (χ4n) is 3.18. The quantitative estimate of drug-likeness (QED) is 0.794. The third kappa shape index (κ3) is 3.41. The van der Waals surface area contributed by atoms with Gasteiger partial charge in [0.2, 0.25) is 0 Å². The van der Waals surface area contributed by atoms with E-state index < -0.39 is 0 Å². The lowest BCUT2D eigenvalue weighted by atomic mass is 9.89. The Morgan fingerprint density at radius 2 is 1.88 bits per heavy atom. The Hall–Kier alpha value is -0.160. The number of ether oxygens (including phenoxy) is 2. The van der Waals surface area contributed by atoms with Crippen molar-refractivity contribution in [2.75, 3.05) is 40.0 Å². The van der Waals surface area contributed by atoms with Crippen molar-refractivity contribution in [3.05, 3.63) is 0 Å². The highest BCUT2D eigenvalue weighted by Crippen LogP contribution is 2.25. The van der Waals surface area contributed by atoms with Crippen LogP contribution in [-0.2, 0) is 9.47 Å². The number of hydrogen-bond acceptors (Lipinski definition) is 4. The Labute approximate surface area is 104 Å². The molecule has 0 aromatic carbocycles. The van der Waals surface area contributed by atoms with Crippen LogP contribution in [0, 0.1) is 5.92 Å². The fraction of sp³-hybridized carbons (Fsp3) is 1.00. The zero-order valence-electron chi connectivity index (χ0n) is 10.9. The van der Waals surface area contributed by atoms with Crippen LogP contribution in [0.15, 0.2) is 0 Å². The SMILES string of the molecule is COC1CCN(C(CN)C2CCOCC2)CC1. The van der Waals surface area contributed by atoms with E-state index in [-0.39, 0.29) is 0 Å². The van der Waals surface area contributed by atoms with Gasteiger partial charge in [-0.3, -0.25) is 4.90 Å². The van der Waals surface area contributed by atoms with Gasteiger partial charge in [-0.05, 0) is 31.6 Å². The molecule has 0 radical (unpaired) electrons. The van der Waals surface area contributed by atoms with Gasteiger partial charge < -0.3 is 15.2 Å². The molecular weight excluding hydrogens is 216 g/mol. The zero-order chi connectivity index (χ0) is 12.1. The predicted molar refractivity (Wildman–Crippen MR) is 68.0 cm³/mol. The summed E-state index contributed by atoms with van der Waals surface area (Å²) in [5.41, 5.74) is 5.99. The second kappa shape index (κ2) is 6.69. The summed E-state index contributed by atoms with van der Waals surface area (Å²) in [6, 6.07) is 0.553. The van der Waals surface area contributed by atoms with E-state index in [1.54, 1.807) is 0 Å². The van der Waals surface area contributed by atoms with Crippen LogP contribution in [0.5, 0.6) is 0 Å². The van der Waals surface area contributed by atoms with E-state index in [4.69, 9.17) is 15.2 Å². The number of nitrogens with two attached hydrogens (primary N) is 1. The molecule has 17 heavy (non-hydrogen) atoms. The van der Waals surface area contributed by atoms with E-state index in [1.165, 1.54) is 12.8 Å². The molecule has 1 atom stereocenters. The minimum atomic E-state index is 0.458. The number of methoxy groups -OCH3 is 1. The van der Waals surface area contributed by atoms with Crippen LogP contribution in [0.25, 0.3) is 0 Å². The van der Waals surface area contributed by atoms with Gasteiger partial charge in [0.05, 0.1) is 6.10 Å². The van der Waals surface area contributed by atoms with Crippen molar-refractivity contribution in [1.82, 2.24) is 4.90 Å². The van der Waals surface area contributed by atoms with Crippen LogP contribution < -0.4 is 5.73 Å². The number of rotatable bonds is 4. The van der Waals surface area contributed by atoms with Crippen molar-refractivity contribution in [1.29, 1.82) is 0 Å². The summed E-state index contributed by atoms with van der Waals surface area (Å²) in [4.78, 5) is 2.57. The average Bonchev–Trinajstić information content (AvgIpc) is 2.42. The van der Waals surface area contributed by atoms with Gasteiger partial charge >= 0.3 is 0 Å². The monoisotopic (exact) mass is 242 g/mol. The Morgan fingerprint density at radius 3 is 2.41 bits per heavy atom. The molecule has 0 saturated carbocycles. The zero-order valence-corrected chi connectivity index (χ0v) is 10.9. The van der Waals surface area contributed by atoms with Gasteiger partial charge in [0.15, 0.2) is 0 Å². The van der Waals surface area contributed by atoms with Gasteiger partial charge in [-0.2, -0.15) is 0 Å². The predicted octanol–water partition coefficient (Wildman–Crippen LogP) is 0.851. The lowest BCUT2D eigenvalue weighted by Crippen LogP contribution is -2.51. The van der Waals surface area contributed by atoms with Crippen molar-refractivity contribution < 1.29 is 9.47 Å².